The van der Waals surface area contributed by atoms with E-state index in [2.05, 4.69) is 65.0 Å². The minimum Gasteiger partial charge on any atom is -0.403 e. The van der Waals surface area contributed by atoms with Gasteiger partial charge < -0.3 is 9.31 Å². The van der Waals surface area contributed by atoms with E-state index in [9.17, 15) is 0 Å². The molecular weight excluding hydrogens is 295 g/mol. The summed E-state index contributed by atoms with van der Waals surface area (Å²) >= 11 is 0. The molecule has 0 N–H and O–H groups in total. The summed E-state index contributed by atoms with van der Waals surface area (Å²) in [6.07, 6.45) is 8.57. The van der Waals surface area contributed by atoms with Crippen LogP contribution in [0, 0.1) is 0 Å². The molecule has 0 aromatic heterocycles. The fourth-order valence-electron chi connectivity index (χ4n) is 3.37. The lowest BCUT2D eigenvalue weighted by Gasteiger charge is -2.32. The number of aryl methyl sites for hydroxylation is 1. The SMILES string of the molecule is CCCCC[C@@H](CCCc1ccccc1)B1OC(C)(C)C(C)(C)O1. The van der Waals surface area contributed by atoms with Gasteiger partial charge in [0.1, 0.15) is 0 Å². The third-order valence-corrected chi connectivity index (χ3v) is 5.72. The molecular formula is C21H35BO2. The Labute approximate surface area is 149 Å². The fourth-order valence-corrected chi connectivity index (χ4v) is 3.37. The highest BCUT2D eigenvalue weighted by molar-refractivity contribution is 6.47. The molecule has 1 aromatic rings. The van der Waals surface area contributed by atoms with Crippen molar-refractivity contribution in [3.63, 3.8) is 0 Å². The lowest BCUT2D eigenvalue weighted by Crippen LogP contribution is -2.41. The van der Waals surface area contributed by atoms with Crippen molar-refractivity contribution in [2.24, 2.45) is 0 Å². The van der Waals surface area contributed by atoms with Gasteiger partial charge in [-0.2, -0.15) is 0 Å². The Morgan fingerprint density at radius 2 is 1.46 bits per heavy atom. The van der Waals surface area contributed by atoms with E-state index in [1.807, 2.05) is 0 Å². The van der Waals surface area contributed by atoms with Crippen molar-refractivity contribution in [2.45, 2.75) is 96.6 Å². The minimum atomic E-state index is -0.222. The summed E-state index contributed by atoms with van der Waals surface area (Å²) in [4.78, 5) is 0. The van der Waals surface area contributed by atoms with Gasteiger partial charge in [-0.1, -0.05) is 69.4 Å². The first-order valence-electron chi connectivity index (χ1n) is 9.75. The van der Waals surface area contributed by atoms with Gasteiger partial charge in [0, 0.05) is 0 Å². The van der Waals surface area contributed by atoms with Crippen LogP contribution in [-0.2, 0) is 15.7 Å². The minimum absolute atomic E-state index is 0.0531. The second kappa shape index (κ2) is 8.53. The van der Waals surface area contributed by atoms with Gasteiger partial charge in [0.2, 0.25) is 0 Å². The van der Waals surface area contributed by atoms with E-state index in [-0.39, 0.29) is 18.3 Å². The Morgan fingerprint density at radius 3 is 2.04 bits per heavy atom. The van der Waals surface area contributed by atoms with Gasteiger partial charge >= 0.3 is 7.12 Å². The zero-order valence-electron chi connectivity index (χ0n) is 16.3. The maximum absolute atomic E-state index is 6.34. The van der Waals surface area contributed by atoms with Crippen LogP contribution in [0.25, 0.3) is 0 Å². The molecule has 1 atom stereocenters. The van der Waals surface area contributed by atoms with Crippen molar-refractivity contribution in [2.75, 3.05) is 0 Å². The number of hydrogen-bond donors (Lipinski definition) is 0. The summed E-state index contributed by atoms with van der Waals surface area (Å²) in [6.45, 7) is 10.9. The highest BCUT2D eigenvalue weighted by Crippen LogP contribution is 2.42. The molecule has 3 heteroatoms. The topological polar surface area (TPSA) is 18.5 Å². The van der Waals surface area contributed by atoms with Crippen LogP contribution in [0.3, 0.4) is 0 Å². The third-order valence-electron chi connectivity index (χ3n) is 5.72. The lowest BCUT2D eigenvalue weighted by molar-refractivity contribution is 0.00578. The summed E-state index contributed by atoms with van der Waals surface area (Å²) in [7, 11) is -0.0531. The van der Waals surface area contributed by atoms with Gasteiger partial charge in [-0.05, 0) is 51.9 Å². The summed E-state index contributed by atoms with van der Waals surface area (Å²) in [5, 5.41) is 0. The van der Waals surface area contributed by atoms with Crippen molar-refractivity contribution in [1.82, 2.24) is 0 Å². The van der Waals surface area contributed by atoms with Crippen molar-refractivity contribution in [3.05, 3.63) is 35.9 Å². The molecule has 0 saturated carbocycles. The van der Waals surface area contributed by atoms with Crippen LogP contribution in [0.2, 0.25) is 5.82 Å². The van der Waals surface area contributed by atoms with E-state index in [0.717, 1.165) is 6.42 Å². The molecule has 134 valence electrons. The standard InChI is InChI=1S/C21H35BO2/c1-6-7-9-16-19(17-12-15-18-13-10-8-11-14-18)22-23-20(2,3)21(4,5)24-22/h8,10-11,13-14,19H,6-7,9,12,15-17H2,1-5H3/t19-/m0/s1. The molecule has 1 aliphatic rings. The van der Waals surface area contributed by atoms with Crippen LogP contribution in [0.1, 0.15) is 78.7 Å². The molecule has 1 fully saturated rings. The average molecular weight is 330 g/mol. The average Bonchev–Trinajstić information content (AvgIpc) is 2.75. The fraction of sp³-hybridized carbons (Fsp3) is 0.714. The van der Waals surface area contributed by atoms with E-state index in [0.29, 0.717) is 5.82 Å². The Bertz CT molecular complexity index is 468. The van der Waals surface area contributed by atoms with Gasteiger partial charge in [-0.25, -0.2) is 0 Å². The van der Waals surface area contributed by atoms with Crippen LogP contribution in [0.5, 0.6) is 0 Å². The molecule has 0 bridgehead atoms. The summed E-state index contributed by atoms with van der Waals surface area (Å²) < 4.78 is 12.7. The van der Waals surface area contributed by atoms with Gasteiger partial charge in [0.25, 0.3) is 0 Å². The van der Waals surface area contributed by atoms with Gasteiger partial charge in [-0.3, -0.25) is 0 Å². The quantitative estimate of drug-likeness (QED) is 0.405. The van der Waals surface area contributed by atoms with Crippen LogP contribution >= 0.6 is 0 Å². The van der Waals surface area contributed by atoms with Crippen LogP contribution in [0.4, 0.5) is 0 Å². The van der Waals surface area contributed by atoms with E-state index in [4.69, 9.17) is 9.31 Å². The Balaban J connectivity index is 1.92. The van der Waals surface area contributed by atoms with E-state index in [1.54, 1.807) is 0 Å². The maximum Gasteiger partial charge on any atom is 0.461 e. The van der Waals surface area contributed by atoms with Gasteiger partial charge in [0.05, 0.1) is 11.2 Å². The predicted molar refractivity (Wildman–Crippen MR) is 103 cm³/mol. The summed E-state index contributed by atoms with van der Waals surface area (Å²) in [6, 6.07) is 10.8. The number of hydrogen-bond acceptors (Lipinski definition) is 2. The molecule has 1 saturated heterocycles. The molecule has 1 aromatic carbocycles. The first-order valence-corrected chi connectivity index (χ1v) is 9.75. The molecule has 1 aliphatic heterocycles. The molecule has 24 heavy (non-hydrogen) atoms. The highest BCUT2D eigenvalue weighted by Gasteiger charge is 2.53. The smallest absolute Gasteiger partial charge is 0.403 e. The predicted octanol–water partition coefficient (Wildman–Crippen LogP) is 6.05. The number of benzene rings is 1. The Hall–Kier alpha value is -0.795. The second-order valence-electron chi connectivity index (χ2n) is 8.26. The Kier molecular flexibility index (Phi) is 6.94. The molecule has 2 nitrogen and oxygen atoms in total. The zero-order chi connectivity index (χ0) is 17.6. The third kappa shape index (κ3) is 5.10. The highest BCUT2D eigenvalue weighted by atomic mass is 16.7. The molecule has 0 amide bonds. The molecule has 0 unspecified atom stereocenters. The normalized spacial score (nSPS) is 20.3. The van der Waals surface area contributed by atoms with Gasteiger partial charge in [0.15, 0.2) is 0 Å². The zero-order valence-corrected chi connectivity index (χ0v) is 16.3. The summed E-state index contributed by atoms with van der Waals surface area (Å²) in [5.74, 6) is 0.501. The van der Waals surface area contributed by atoms with Crippen molar-refractivity contribution in [1.29, 1.82) is 0 Å². The van der Waals surface area contributed by atoms with E-state index in [1.165, 1.54) is 44.1 Å². The van der Waals surface area contributed by atoms with Crippen molar-refractivity contribution < 1.29 is 9.31 Å². The molecule has 0 radical (unpaired) electrons. The monoisotopic (exact) mass is 330 g/mol. The van der Waals surface area contributed by atoms with Crippen LogP contribution < -0.4 is 0 Å². The number of rotatable bonds is 9. The second-order valence-corrected chi connectivity index (χ2v) is 8.26. The molecule has 1 heterocycles. The largest absolute Gasteiger partial charge is 0.461 e. The summed E-state index contributed by atoms with van der Waals surface area (Å²) in [5.41, 5.74) is 0.985. The molecule has 0 aliphatic carbocycles. The van der Waals surface area contributed by atoms with Gasteiger partial charge in [-0.15, -0.1) is 0 Å². The first-order chi connectivity index (χ1) is 11.4. The first kappa shape index (κ1) is 19.5. The van der Waals surface area contributed by atoms with Crippen LogP contribution in [-0.4, -0.2) is 18.3 Å². The molecule has 0 spiro atoms. The van der Waals surface area contributed by atoms with Crippen molar-refractivity contribution >= 4 is 7.12 Å². The number of unbranched alkanes of at least 4 members (excludes halogenated alkanes) is 2. The maximum atomic E-state index is 6.34. The van der Waals surface area contributed by atoms with Crippen LogP contribution in [0.15, 0.2) is 30.3 Å². The van der Waals surface area contributed by atoms with Crippen molar-refractivity contribution in [3.8, 4) is 0 Å². The molecule has 2 rings (SSSR count). The van der Waals surface area contributed by atoms with E-state index < -0.39 is 0 Å². The Morgan fingerprint density at radius 1 is 0.875 bits per heavy atom. The lowest BCUT2D eigenvalue weighted by atomic mass is 9.66. The van der Waals surface area contributed by atoms with E-state index >= 15 is 0 Å².